The van der Waals surface area contributed by atoms with Crippen LogP contribution in [0.15, 0.2) is 55.1 Å². The fraction of sp³-hybridized carbons (Fsp3) is 0.105. The highest BCUT2D eigenvalue weighted by Gasteiger charge is 2.20. The fourth-order valence-corrected chi connectivity index (χ4v) is 2.85. The molecule has 0 radical (unpaired) electrons. The molecule has 0 aliphatic rings. The zero-order valence-electron chi connectivity index (χ0n) is 13.9. The predicted octanol–water partition coefficient (Wildman–Crippen LogP) is 4.90. The minimum atomic E-state index is -0.836. The molecular weight excluding hydrogens is 395 g/mol. The van der Waals surface area contributed by atoms with Gasteiger partial charge in [0.05, 0.1) is 0 Å². The van der Waals surface area contributed by atoms with Crippen molar-refractivity contribution >= 4 is 29.1 Å². The lowest BCUT2D eigenvalue weighted by molar-refractivity contribution is 0.0729. The van der Waals surface area contributed by atoms with Crippen LogP contribution in [0.1, 0.15) is 21.5 Å². The van der Waals surface area contributed by atoms with Gasteiger partial charge >= 0.3 is 0 Å². The molecule has 0 spiro atoms. The summed E-state index contributed by atoms with van der Waals surface area (Å²) in [5.41, 5.74) is 1.06. The normalized spacial score (nSPS) is 10.7. The van der Waals surface area contributed by atoms with Gasteiger partial charge in [-0.3, -0.25) is 14.8 Å². The Kier molecular flexibility index (Phi) is 5.98. The number of amides is 1. The zero-order valence-corrected chi connectivity index (χ0v) is 15.4. The largest absolute Gasteiger partial charge is 0.330 e. The molecule has 1 aromatic carbocycles. The molecule has 27 heavy (non-hydrogen) atoms. The summed E-state index contributed by atoms with van der Waals surface area (Å²) in [5.74, 6) is -2.25. The Hall–Kier alpha value is -2.57. The second-order valence-electron chi connectivity index (χ2n) is 5.75. The molecule has 138 valence electrons. The van der Waals surface area contributed by atoms with Crippen LogP contribution in [0.5, 0.6) is 0 Å². The summed E-state index contributed by atoms with van der Waals surface area (Å²) in [7, 11) is 0. The number of benzene rings is 1. The Morgan fingerprint density at radius 3 is 1.81 bits per heavy atom. The van der Waals surface area contributed by atoms with Gasteiger partial charge in [0.2, 0.25) is 0 Å². The molecule has 0 unspecified atom stereocenters. The highest BCUT2D eigenvalue weighted by atomic mass is 35.5. The van der Waals surface area contributed by atoms with Crippen LogP contribution in [-0.4, -0.2) is 20.8 Å². The number of nitrogens with zero attached hydrogens (tertiary/aromatic N) is 3. The highest BCUT2D eigenvalue weighted by Crippen LogP contribution is 2.22. The third-order valence-electron chi connectivity index (χ3n) is 3.81. The SMILES string of the molecule is O=C(c1cc(F)cc(F)c1)N(Cc1cnccc1Cl)Cc1cnccc1Cl. The van der Waals surface area contributed by atoms with Crippen LogP contribution in [0.25, 0.3) is 0 Å². The van der Waals surface area contributed by atoms with Crippen molar-refractivity contribution in [3.05, 3.63) is 93.5 Å². The van der Waals surface area contributed by atoms with Crippen LogP contribution in [0.3, 0.4) is 0 Å². The van der Waals surface area contributed by atoms with Gasteiger partial charge < -0.3 is 4.90 Å². The lowest BCUT2D eigenvalue weighted by atomic mass is 10.1. The van der Waals surface area contributed by atoms with Gasteiger partial charge in [0.25, 0.3) is 5.91 Å². The van der Waals surface area contributed by atoms with E-state index in [1.165, 1.54) is 29.7 Å². The first-order valence-corrected chi connectivity index (χ1v) is 8.62. The summed E-state index contributed by atoms with van der Waals surface area (Å²) in [6.07, 6.45) is 6.11. The number of rotatable bonds is 5. The van der Waals surface area contributed by atoms with E-state index in [0.717, 1.165) is 12.1 Å². The second kappa shape index (κ2) is 8.41. The first kappa shape index (κ1) is 19.2. The molecule has 0 aliphatic heterocycles. The molecule has 0 bridgehead atoms. The molecule has 0 N–H and O–H groups in total. The molecule has 2 heterocycles. The van der Waals surface area contributed by atoms with Gasteiger partial charge in [-0.1, -0.05) is 23.2 Å². The first-order valence-electron chi connectivity index (χ1n) is 7.86. The summed E-state index contributed by atoms with van der Waals surface area (Å²) in [6.45, 7) is 0.156. The molecule has 0 saturated heterocycles. The monoisotopic (exact) mass is 407 g/mol. The van der Waals surface area contributed by atoms with Crippen molar-refractivity contribution in [3.8, 4) is 0 Å². The number of aromatic nitrogens is 2. The van der Waals surface area contributed by atoms with Crippen molar-refractivity contribution in [3.63, 3.8) is 0 Å². The number of hydrogen-bond acceptors (Lipinski definition) is 3. The van der Waals surface area contributed by atoms with Gasteiger partial charge in [-0.05, 0) is 24.3 Å². The van der Waals surface area contributed by atoms with Gasteiger partial charge in [0.1, 0.15) is 11.6 Å². The lowest BCUT2D eigenvalue weighted by Crippen LogP contribution is -2.30. The zero-order chi connectivity index (χ0) is 19.4. The van der Waals surface area contributed by atoms with E-state index >= 15 is 0 Å². The number of pyridine rings is 2. The van der Waals surface area contributed by atoms with Crippen molar-refractivity contribution in [1.82, 2.24) is 14.9 Å². The van der Waals surface area contributed by atoms with E-state index < -0.39 is 17.5 Å². The first-order chi connectivity index (χ1) is 12.9. The quantitative estimate of drug-likeness (QED) is 0.603. The molecule has 0 aliphatic carbocycles. The minimum absolute atomic E-state index is 0.0782. The molecule has 3 rings (SSSR count). The number of halogens is 4. The van der Waals surface area contributed by atoms with Crippen molar-refractivity contribution in [2.45, 2.75) is 13.1 Å². The third kappa shape index (κ3) is 4.78. The van der Waals surface area contributed by atoms with Crippen LogP contribution in [0, 0.1) is 11.6 Å². The average Bonchev–Trinajstić information content (AvgIpc) is 2.63. The topological polar surface area (TPSA) is 46.1 Å². The molecule has 4 nitrogen and oxygen atoms in total. The number of carbonyl (C=O) groups excluding carboxylic acids is 1. The van der Waals surface area contributed by atoms with Gasteiger partial charge in [0.15, 0.2) is 0 Å². The molecule has 0 fully saturated rings. The fourth-order valence-electron chi connectivity index (χ4n) is 2.52. The summed E-state index contributed by atoms with van der Waals surface area (Å²) in [4.78, 5) is 22.3. The van der Waals surface area contributed by atoms with Crippen LogP contribution in [0.2, 0.25) is 10.0 Å². The molecule has 0 atom stereocenters. The standard InChI is InChI=1S/C19H13Cl2F2N3O/c20-17-1-3-24-8-13(17)10-26(11-14-9-25-4-2-18(14)21)19(27)12-5-15(22)7-16(23)6-12/h1-9H,10-11H2. The van der Waals surface area contributed by atoms with Gasteiger partial charge in [-0.15, -0.1) is 0 Å². The van der Waals surface area contributed by atoms with Crippen LogP contribution in [-0.2, 0) is 13.1 Å². The predicted molar refractivity (Wildman–Crippen MR) is 98.4 cm³/mol. The van der Waals surface area contributed by atoms with Crippen LogP contribution in [0.4, 0.5) is 8.78 Å². The molecule has 2 aromatic heterocycles. The van der Waals surface area contributed by atoms with E-state index in [0.29, 0.717) is 27.2 Å². The van der Waals surface area contributed by atoms with E-state index in [1.807, 2.05) is 0 Å². The molecule has 8 heteroatoms. The number of carbonyl (C=O) groups is 1. The summed E-state index contributed by atoms with van der Waals surface area (Å²) in [6, 6.07) is 5.86. The molecule has 1 amide bonds. The summed E-state index contributed by atoms with van der Waals surface area (Å²) >= 11 is 12.3. The van der Waals surface area contributed by atoms with Crippen molar-refractivity contribution in [1.29, 1.82) is 0 Å². The van der Waals surface area contributed by atoms with E-state index in [4.69, 9.17) is 23.2 Å². The maximum absolute atomic E-state index is 13.6. The molecular formula is C19H13Cl2F2N3O. The Bertz CT molecular complexity index is 917. The summed E-state index contributed by atoms with van der Waals surface area (Å²) < 4.78 is 27.1. The maximum Gasteiger partial charge on any atom is 0.254 e. The smallest absolute Gasteiger partial charge is 0.254 e. The van der Waals surface area contributed by atoms with Crippen molar-refractivity contribution in [2.75, 3.05) is 0 Å². The van der Waals surface area contributed by atoms with E-state index in [-0.39, 0.29) is 18.7 Å². The van der Waals surface area contributed by atoms with Crippen molar-refractivity contribution in [2.24, 2.45) is 0 Å². The maximum atomic E-state index is 13.6. The van der Waals surface area contributed by atoms with Gasteiger partial charge in [-0.25, -0.2) is 8.78 Å². The van der Waals surface area contributed by atoms with Gasteiger partial charge in [0, 0.05) is 70.7 Å². The average molecular weight is 408 g/mol. The Morgan fingerprint density at radius 2 is 1.37 bits per heavy atom. The minimum Gasteiger partial charge on any atom is -0.330 e. The van der Waals surface area contributed by atoms with E-state index in [1.54, 1.807) is 12.1 Å². The van der Waals surface area contributed by atoms with E-state index in [9.17, 15) is 13.6 Å². The Balaban J connectivity index is 1.97. The summed E-state index contributed by atoms with van der Waals surface area (Å²) in [5, 5.41) is 0.844. The highest BCUT2D eigenvalue weighted by molar-refractivity contribution is 6.31. The van der Waals surface area contributed by atoms with Crippen LogP contribution >= 0.6 is 23.2 Å². The van der Waals surface area contributed by atoms with Crippen molar-refractivity contribution < 1.29 is 13.6 Å². The van der Waals surface area contributed by atoms with Crippen LogP contribution < -0.4 is 0 Å². The number of hydrogen-bond donors (Lipinski definition) is 0. The van der Waals surface area contributed by atoms with E-state index in [2.05, 4.69) is 9.97 Å². The Morgan fingerprint density at radius 1 is 0.889 bits per heavy atom. The third-order valence-corrected chi connectivity index (χ3v) is 4.54. The lowest BCUT2D eigenvalue weighted by Gasteiger charge is -2.24. The second-order valence-corrected chi connectivity index (χ2v) is 6.57. The molecule has 0 saturated carbocycles. The van der Waals surface area contributed by atoms with Gasteiger partial charge in [-0.2, -0.15) is 0 Å². The molecule has 3 aromatic rings. The Labute approximate surface area is 164 Å².